The fourth-order valence-electron chi connectivity index (χ4n) is 0.910. The quantitative estimate of drug-likeness (QED) is 0.649. The van der Waals surface area contributed by atoms with E-state index in [4.69, 9.17) is 0 Å². The van der Waals surface area contributed by atoms with Crippen LogP contribution in [0.1, 0.15) is 20.8 Å². The van der Waals surface area contributed by atoms with Crippen molar-refractivity contribution in [3.8, 4) is 0 Å². The van der Waals surface area contributed by atoms with Crippen molar-refractivity contribution in [2.75, 3.05) is 6.66 Å². The summed E-state index contributed by atoms with van der Waals surface area (Å²) in [5.74, 6) is 0. The van der Waals surface area contributed by atoms with Crippen molar-refractivity contribution in [2.45, 2.75) is 25.9 Å². The largest absolute Gasteiger partial charge is 0.253 e. The fourth-order valence-corrected chi connectivity index (χ4v) is 0.910. The van der Waals surface area contributed by atoms with Crippen LogP contribution in [0.3, 0.4) is 0 Å². The topological polar surface area (TPSA) is 25.8 Å². The van der Waals surface area contributed by atoms with E-state index >= 15 is 0 Å². The lowest BCUT2D eigenvalue weighted by Crippen LogP contribution is -2.02. The van der Waals surface area contributed by atoms with Crippen LogP contribution in [0.4, 0.5) is 0 Å². The zero-order valence-corrected chi connectivity index (χ0v) is 11.4. The molecule has 1 atom stereocenters. The number of fused-ring (bicyclic) bond motifs is 1. The van der Waals surface area contributed by atoms with Gasteiger partial charge >= 0.3 is 0 Å². The highest BCUT2D eigenvalue weighted by molar-refractivity contribution is 7.38. The lowest BCUT2D eigenvalue weighted by Gasteiger charge is -2.12. The Labute approximate surface area is 99.3 Å². The van der Waals surface area contributed by atoms with Gasteiger partial charge in [-0.3, -0.25) is 9.97 Å². The monoisotopic (exact) mass is 234 g/mol. The van der Waals surface area contributed by atoms with Gasteiger partial charge in [0.2, 0.25) is 0 Å². The van der Waals surface area contributed by atoms with Gasteiger partial charge in [0, 0.05) is 12.4 Å². The molecule has 0 saturated heterocycles. The Morgan fingerprint density at radius 1 is 0.938 bits per heavy atom. The fraction of sp³-hybridized carbons (Fsp3) is 0.385. The van der Waals surface area contributed by atoms with Crippen molar-refractivity contribution in [1.29, 1.82) is 0 Å². The minimum absolute atomic E-state index is 0.569. The van der Waals surface area contributed by atoms with Gasteiger partial charge in [-0.25, -0.2) is 0 Å². The maximum atomic E-state index is 4.12. The lowest BCUT2D eigenvalue weighted by atomic mass is 10.3. The molecule has 0 fully saturated rings. The van der Waals surface area contributed by atoms with E-state index in [2.05, 4.69) is 37.4 Å². The van der Waals surface area contributed by atoms with E-state index in [9.17, 15) is 0 Å². The van der Waals surface area contributed by atoms with E-state index in [0.717, 1.165) is 19.6 Å². The van der Waals surface area contributed by atoms with Crippen LogP contribution in [0.2, 0.25) is 0 Å². The third-order valence-corrected chi connectivity index (χ3v) is 3.63. The van der Waals surface area contributed by atoms with Gasteiger partial charge in [-0.2, -0.15) is 0 Å². The molecule has 1 aromatic heterocycles. The van der Waals surface area contributed by atoms with Crippen molar-refractivity contribution >= 4 is 19.6 Å². The standard InChI is InChI=1S/C8H6N2.C5H13P/c1-2-4-8-7(3-1)9-5-6-10-8;1-5(2,3)6-4/h1-6H;6H,1-4H3. The second-order valence-electron chi connectivity index (χ2n) is 4.55. The summed E-state index contributed by atoms with van der Waals surface area (Å²) in [4.78, 5) is 8.24. The molecule has 1 heterocycles. The highest BCUT2D eigenvalue weighted by Crippen LogP contribution is 2.25. The molecule has 3 heteroatoms. The summed E-state index contributed by atoms with van der Waals surface area (Å²) in [6, 6.07) is 7.80. The van der Waals surface area contributed by atoms with E-state index in [0.29, 0.717) is 5.16 Å². The average molecular weight is 234 g/mol. The lowest BCUT2D eigenvalue weighted by molar-refractivity contribution is 0.797. The number of nitrogens with zero attached hydrogens (tertiary/aromatic N) is 2. The molecule has 0 N–H and O–H groups in total. The minimum Gasteiger partial charge on any atom is -0.253 e. The maximum Gasteiger partial charge on any atom is 0.0886 e. The minimum atomic E-state index is 0.569. The van der Waals surface area contributed by atoms with Gasteiger partial charge in [0.15, 0.2) is 0 Å². The molecule has 0 radical (unpaired) electrons. The van der Waals surface area contributed by atoms with Crippen LogP contribution < -0.4 is 0 Å². The molecule has 0 bridgehead atoms. The first-order valence-electron chi connectivity index (χ1n) is 5.37. The number of hydrogen-bond donors (Lipinski definition) is 0. The third kappa shape index (κ3) is 4.67. The Bertz CT molecular complexity index is 370. The molecule has 0 amide bonds. The third-order valence-electron chi connectivity index (χ3n) is 2.13. The van der Waals surface area contributed by atoms with Crippen molar-refractivity contribution < 1.29 is 0 Å². The van der Waals surface area contributed by atoms with Crippen molar-refractivity contribution in [3.63, 3.8) is 0 Å². The average Bonchev–Trinajstić information content (AvgIpc) is 2.29. The SMILES string of the molecule is CPC(C)(C)C.c1ccc2nccnc2c1. The normalized spacial score (nSPS) is 11.5. The maximum absolute atomic E-state index is 4.12. The molecule has 2 aromatic rings. The van der Waals surface area contributed by atoms with Crippen molar-refractivity contribution in [2.24, 2.45) is 0 Å². The second-order valence-corrected chi connectivity index (χ2v) is 6.55. The van der Waals surface area contributed by atoms with Crippen LogP contribution in [0.5, 0.6) is 0 Å². The molecule has 16 heavy (non-hydrogen) atoms. The summed E-state index contributed by atoms with van der Waals surface area (Å²) in [5, 5.41) is 0.569. The molecule has 1 unspecified atom stereocenters. The first kappa shape index (κ1) is 13.1. The number of rotatable bonds is 0. The molecule has 86 valence electrons. The molecule has 0 spiro atoms. The Hall–Kier alpha value is -1.01. The summed E-state index contributed by atoms with van der Waals surface area (Å²) in [6.07, 6.45) is 3.39. The molecule has 0 aliphatic rings. The van der Waals surface area contributed by atoms with Crippen molar-refractivity contribution in [3.05, 3.63) is 36.7 Å². The highest BCUT2D eigenvalue weighted by Gasteiger charge is 2.03. The van der Waals surface area contributed by atoms with Gasteiger partial charge < -0.3 is 0 Å². The van der Waals surface area contributed by atoms with Crippen LogP contribution >= 0.6 is 8.58 Å². The van der Waals surface area contributed by atoms with Gasteiger partial charge in [0.05, 0.1) is 11.0 Å². The zero-order chi connectivity index (χ0) is 12.0. The van der Waals surface area contributed by atoms with Crippen LogP contribution in [0.15, 0.2) is 36.7 Å². The van der Waals surface area contributed by atoms with E-state index in [1.165, 1.54) is 0 Å². The van der Waals surface area contributed by atoms with Crippen LogP contribution in [-0.2, 0) is 0 Å². The number of hydrogen-bond acceptors (Lipinski definition) is 2. The van der Waals surface area contributed by atoms with E-state index in [1.54, 1.807) is 12.4 Å². The number of aromatic nitrogens is 2. The van der Waals surface area contributed by atoms with Gasteiger partial charge in [0.25, 0.3) is 0 Å². The Morgan fingerprint density at radius 2 is 1.31 bits per heavy atom. The Kier molecular flexibility index (Phi) is 4.82. The number of para-hydroxylation sites is 2. The molecule has 0 aliphatic carbocycles. The van der Waals surface area contributed by atoms with Crippen LogP contribution in [0.25, 0.3) is 11.0 Å². The Balaban J connectivity index is 0.000000187. The molecule has 2 rings (SSSR count). The molecule has 0 saturated carbocycles. The van der Waals surface area contributed by atoms with E-state index in [-0.39, 0.29) is 0 Å². The van der Waals surface area contributed by atoms with Crippen molar-refractivity contribution in [1.82, 2.24) is 9.97 Å². The zero-order valence-electron chi connectivity index (χ0n) is 10.4. The first-order valence-corrected chi connectivity index (χ1v) is 6.87. The summed E-state index contributed by atoms with van der Waals surface area (Å²) in [7, 11) is 1.07. The summed E-state index contributed by atoms with van der Waals surface area (Å²) in [6.45, 7) is 9.00. The molecule has 0 aliphatic heterocycles. The summed E-state index contributed by atoms with van der Waals surface area (Å²) in [5.41, 5.74) is 1.90. The second kappa shape index (κ2) is 5.91. The molecular weight excluding hydrogens is 215 g/mol. The van der Waals surface area contributed by atoms with Crippen LogP contribution in [0, 0.1) is 0 Å². The predicted octanol–water partition coefficient (Wildman–Crippen LogP) is 3.72. The first-order chi connectivity index (χ1) is 7.53. The highest BCUT2D eigenvalue weighted by atomic mass is 31.1. The summed E-state index contributed by atoms with van der Waals surface area (Å²) < 4.78 is 0. The molecular formula is C13H19N2P. The summed E-state index contributed by atoms with van der Waals surface area (Å²) >= 11 is 0. The van der Waals surface area contributed by atoms with E-state index < -0.39 is 0 Å². The smallest absolute Gasteiger partial charge is 0.0886 e. The Morgan fingerprint density at radius 3 is 1.62 bits per heavy atom. The molecule has 1 aromatic carbocycles. The molecule has 2 nitrogen and oxygen atoms in total. The van der Waals surface area contributed by atoms with Gasteiger partial charge in [0.1, 0.15) is 0 Å². The predicted molar refractivity (Wildman–Crippen MR) is 73.5 cm³/mol. The van der Waals surface area contributed by atoms with Gasteiger partial charge in [-0.05, 0) is 24.0 Å². The number of benzene rings is 1. The van der Waals surface area contributed by atoms with Gasteiger partial charge in [-0.1, -0.05) is 32.9 Å². The van der Waals surface area contributed by atoms with Gasteiger partial charge in [-0.15, -0.1) is 8.58 Å². The van der Waals surface area contributed by atoms with Crippen LogP contribution in [-0.4, -0.2) is 21.8 Å². The van der Waals surface area contributed by atoms with E-state index in [1.807, 2.05) is 24.3 Å².